The number of carbonyl (C=O) groups excluding carboxylic acids is 1. The van der Waals surface area contributed by atoms with Gasteiger partial charge in [0, 0.05) is 12.6 Å². The van der Waals surface area contributed by atoms with Crippen LogP contribution in [0.25, 0.3) is 0 Å². The fraction of sp³-hybridized carbons (Fsp3) is 0.562. The molecule has 3 nitrogen and oxygen atoms in total. The van der Waals surface area contributed by atoms with Gasteiger partial charge in [0.25, 0.3) is 0 Å². The fourth-order valence-corrected chi connectivity index (χ4v) is 2.71. The van der Waals surface area contributed by atoms with Crippen molar-refractivity contribution in [3.05, 3.63) is 35.9 Å². The summed E-state index contributed by atoms with van der Waals surface area (Å²) in [4.78, 5) is 11.9. The van der Waals surface area contributed by atoms with E-state index in [2.05, 4.69) is 17.6 Å². The van der Waals surface area contributed by atoms with Crippen LogP contribution in [0.1, 0.15) is 44.6 Å². The van der Waals surface area contributed by atoms with Crippen molar-refractivity contribution in [2.75, 3.05) is 0 Å². The lowest BCUT2D eigenvalue weighted by Crippen LogP contribution is -2.44. The van der Waals surface area contributed by atoms with Gasteiger partial charge in [0.05, 0.1) is 0 Å². The lowest BCUT2D eigenvalue weighted by Gasteiger charge is -2.23. The van der Waals surface area contributed by atoms with E-state index in [4.69, 9.17) is 0 Å². The average molecular weight is 260 g/mol. The smallest absolute Gasteiger partial charge is 0.315 e. The van der Waals surface area contributed by atoms with Gasteiger partial charge < -0.3 is 10.6 Å². The molecule has 0 aliphatic heterocycles. The number of rotatable bonds is 3. The Hall–Kier alpha value is -1.51. The zero-order chi connectivity index (χ0) is 13.5. The normalized spacial score (nSPS) is 23.4. The Morgan fingerprint density at radius 1 is 1.16 bits per heavy atom. The molecule has 0 saturated heterocycles. The molecular formula is C16H24N2O. The van der Waals surface area contributed by atoms with Crippen molar-refractivity contribution in [1.29, 1.82) is 0 Å². The van der Waals surface area contributed by atoms with Crippen LogP contribution < -0.4 is 10.6 Å². The zero-order valence-corrected chi connectivity index (χ0v) is 11.7. The van der Waals surface area contributed by atoms with Crippen LogP contribution in [-0.2, 0) is 6.54 Å². The van der Waals surface area contributed by atoms with Crippen LogP contribution >= 0.6 is 0 Å². The molecule has 2 amide bonds. The summed E-state index contributed by atoms with van der Waals surface area (Å²) >= 11 is 0. The summed E-state index contributed by atoms with van der Waals surface area (Å²) in [5.74, 6) is 0.588. The lowest BCUT2D eigenvalue weighted by atomic mass is 9.97. The van der Waals surface area contributed by atoms with Gasteiger partial charge in [-0.25, -0.2) is 4.79 Å². The van der Waals surface area contributed by atoms with E-state index >= 15 is 0 Å². The molecule has 19 heavy (non-hydrogen) atoms. The summed E-state index contributed by atoms with van der Waals surface area (Å²) < 4.78 is 0. The molecule has 0 bridgehead atoms. The summed E-state index contributed by atoms with van der Waals surface area (Å²) in [5.41, 5.74) is 1.13. The number of nitrogens with one attached hydrogen (secondary N) is 2. The molecule has 1 aliphatic carbocycles. The number of urea groups is 1. The third kappa shape index (κ3) is 4.58. The molecule has 1 fully saturated rings. The number of carbonyl (C=O) groups is 1. The van der Waals surface area contributed by atoms with Gasteiger partial charge in [-0.2, -0.15) is 0 Å². The summed E-state index contributed by atoms with van der Waals surface area (Å²) in [6.45, 7) is 2.83. The van der Waals surface area contributed by atoms with E-state index in [1.807, 2.05) is 30.3 Å². The van der Waals surface area contributed by atoms with E-state index in [1.165, 1.54) is 25.7 Å². The van der Waals surface area contributed by atoms with Gasteiger partial charge >= 0.3 is 6.03 Å². The topological polar surface area (TPSA) is 41.1 Å². The molecule has 0 radical (unpaired) electrons. The van der Waals surface area contributed by atoms with E-state index in [0.717, 1.165) is 12.0 Å². The minimum absolute atomic E-state index is 0.0393. The Labute approximate surface area is 115 Å². The summed E-state index contributed by atoms with van der Waals surface area (Å²) in [6.07, 6.45) is 6.16. The fourth-order valence-electron chi connectivity index (χ4n) is 2.71. The molecule has 0 heterocycles. The molecule has 2 rings (SSSR count). The van der Waals surface area contributed by atoms with Crippen LogP contribution in [0.3, 0.4) is 0 Å². The van der Waals surface area contributed by atoms with Crippen molar-refractivity contribution in [3.63, 3.8) is 0 Å². The molecule has 1 saturated carbocycles. The van der Waals surface area contributed by atoms with Gasteiger partial charge in [-0.15, -0.1) is 0 Å². The second-order valence-electron chi connectivity index (χ2n) is 5.53. The standard InChI is InChI=1S/C16H24N2O/c1-13-8-4-2-7-11-15(13)18-16(19)17-12-14-9-5-3-6-10-14/h3,5-6,9-10,13,15H,2,4,7-8,11-12H2,1H3,(H2,17,18,19). The predicted molar refractivity (Wildman–Crippen MR) is 77.9 cm³/mol. The van der Waals surface area contributed by atoms with E-state index in [0.29, 0.717) is 18.5 Å². The molecule has 1 aromatic rings. The van der Waals surface area contributed by atoms with Crippen LogP contribution in [0.15, 0.2) is 30.3 Å². The predicted octanol–water partition coefficient (Wildman–Crippen LogP) is 3.45. The van der Waals surface area contributed by atoms with E-state index in [9.17, 15) is 4.79 Å². The first kappa shape index (κ1) is 13.9. The number of hydrogen-bond donors (Lipinski definition) is 2. The van der Waals surface area contributed by atoms with E-state index in [-0.39, 0.29) is 6.03 Å². The quantitative estimate of drug-likeness (QED) is 0.803. The maximum Gasteiger partial charge on any atom is 0.315 e. The Morgan fingerprint density at radius 3 is 2.68 bits per heavy atom. The lowest BCUT2D eigenvalue weighted by molar-refractivity contribution is 0.230. The van der Waals surface area contributed by atoms with Gasteiger partial charge in [0.15, 0.2) is 0 Å². The van der Waals surface area contributed by atoms with Crippen LogP contribution in [-0.4, -0.2) is 12.1 Å². The first-order valence-electron chi connectivity index (χ1n) is 7.34. The molecule has 0 spiro atoms. The van der Waals surface area contributed by atoms with Gasteiger partial charge in [0.2, 0.25) is 0 Å². The molecule has 3 heteroatoms. The molecule has 2 unspecified atom stereocenters. The highest BCUT2D eigenvalue weighted by atomic mass is 16.2. The monoisotopic (exact) mass is 260 g/mol. The maximum absolute atomic E-state index is 11.9. The highest BCUT2D eigenvalue weighted by Crippen LogP contribution is 2.22. The third-order valence-corrected chi connectivity index (χ3v) is 3.97. The number of benzene rings is 1. The Bertz CT molecular complexity index is 391. The first-order chi connectivity index (χ1) is 9.25. The van der Waals surface area contributed by atoms with Gasteiger partial charge in [-0.1, -0.05) is 56.5 Å². The van der Waals surface area contributed by atoms with Crippen molar-refractivity contribution in [3.8, 4) is 0 Å². The minimum atomic E-state index is -0.0393. The zero-order valence-electron chi connectivity index (χ0n) is 11.7. The van der Waals surface area contributed by atoms with E-state index in [1.54, 1.807) is 0 Å². The maximum atomic E-state index is 11.9. The van der Waals surface area contributed by atoms with Crippen molar-refractivity contribution in [2.24, 2.45) is 5.92 Å². The van der Waals surface area contributed by atoms with Crippen molar-refractivity contribution in [1.82, 2.24) is 10.6 Å². The Kier molecular flexibility index (Phi) is 5.25. The van der Waals surface area contributed by atoms with Gasteiger partial charge in [-0.05, 0) is 24.3 Å². The van der Waals surface area contributed by atoms with Gasteiger partial charge in [-0.3, -0.25) is 0 Å². The Balaban J connectivity index is 1.77. The minimum Gasteiger partial charge on any atom is -0.335 e. The van der Waals surface area contributed by atoms with Crippen molar-refractivity contribution >= 4 is 6.03 Å². The van der Waals surface area contributed by atoms with Gasteiger partial charge in [0.1, 0.15) is 0 Å². The highest BCUT2D eigenvalue weighted by Gasteiger charge is 2.21. The van der Waals surface area contributed by atoms with Crippen LogP contribution in [0.2, 0.25) is 0 Å². The molecule has 2 atom stereocenters. The molecule has 0 aromatic heterocycles. The molecule has 104 valence electrons. The summed E-state index contributed by atoms with van der Waals surface area (Å²) in [7, 11) is 0. The van der Waals surface area contributed by atoms with Crippen LogP contribution in [0.5, 0.6) is 0 Å². The Morgan fingerprint density at radius 2 is 1.89 bits per heavy atom. The summed E-state index contributed by atoms with van der Waals surface area (Å²) in [5, 5.41) is 6.07. The summed E-state index contributed by atoms with van der Waals surface area (Å²) in [6, 6.07) is 10.3. The molecule has 1 aliphatic rings. The van der Waals surface area contributed by atoms with Crippen LogP contribution in [0, 0.1) is 5.92 Å². The molecule has 2 N–H and O–H groups in total. The third-order valence-electron chi connectivity index (χ3n) is 3.97. The SMILES string of the molecule is CC1CCCCCC1NC(=O)NCc1ccccc1. The largest absolute Gasteiger partial charge is 0.335 e. The molecule has 1 aromatic carbocycles. The second kappa shape index (κ2) is 7.17. The number of amides is 2. The highest BCUT2D eigenvalue weighted by molar-refractivity contribution is 5.74. The molecular weight excluding hydrogens is 236 g/mol. The number of hydrogen-bond acceptors (Lipinski definition) is 1. The van der Waals surface area contributed by atoms with E-state index < -0.39 is 0 Å². The average Bonchev–Trinajstić information content (AvgIpc) is 2.63. The van der Waals surface area contributed by atoms with Crippen molar-refractivity contribution in [2.45, 2.75) is 51.6 Å². The van der Waals surface area contributed by atoms with Crippen LogP contribution in [0.4, 0.5) is 4.79 Å². The van der Waals surface area contributed by atoms with Crippen molar-refractivity contribution < 1.29 is 4.79 Å². The second-order valence-corrected chi connectivity index (χ2v) is 5.53. The first-order valence-corrected chi connectivity index (χ1v) is 7.34.